The maximum atomic E-state index is 6.04. The number of hydrogen-bond acceptors (Lipinski definition) is 2. The lowest BCUT2D eigenvalue weighted by molar-refractivity contribution is 0.499. The molecule has 2 aromatic rings. The zero-order chi connectivity index (χ0) is 13.6. The van der Waals surface area contributed by atoms with E-state index < -0.39 is 0 Å². The summed E-state index contributed by atoms with van der Waals surface area (Å²) >= 11 is 1.81. The summed E-state index contributed by atoms with van der Waals surface area (Å²) in [6.07, 6.45) is 2.12. The minimum Gasteiger partial charge on any atom is -0.460 e. The van der Waals surface area contributed by atoms with E-state index in [-0.39, 0.29) is 10.2 Å². The van der Waals surface area contributed by atoms with Crippen LogP contribution in [0.25, 0.3) is 11.0 Å². The number of fused-ring (bicyclic) bond motifs is 1. The van der Waals surface area contributed by atoms with Crippen LogP contribution in [-0.4, -0.2) is 6.26 Å². The third-order valence-corrected chi connectivity index (χ3v) is 4.71. The van der Waals surface area contributed by atoms with Gasteiger partial charge in [-0.1, -0.05) is 32.9 Å². The fraction of sp³-hybridized carbons (Fsp3) is 0.500. The summed E-state index contributed by atoms with van der Waals surface area (Å²) < 4.78 is 6.07. The van der Waals surface area contributed by atoms with Crippen LogP contribution in [0.5, 0.6) is 0 Å². The zero-order valence-corrected chi connectivity index (χ0v) is 12.9. The lowest BCUT2D eigenvalue weighted by Crippen LogP contribution is -2.10. The summed E-state index contributed by atoms with van der Waals surface area (Å²) in [5.74, 6) is 1.05. The molecule has 0 unspecified atom stereocenters. The largest absolute Gasteiger partial charge is 0.460 e. The lowest BCUT2D eigenvalue weighted by atomic mass is 9.87. The van der Waals surface area contributed by atoms with Crippen molar-refractivity contribution in [1.82, 2.24) is 0 Å². The molecule has 0 atom stereocenters. The summed E-state index contributed by atoms with van der Waals surface area (Å²) in [6, 6.07) is 8.71. The van der Waals surface area contributed by atoms with E-state index in [0.717, 1.165) is 11.3 Å². The van der Waals surface area contributed by atoms with Gasteiger partial charge in [0.25, 0.3) is 0 Å². The van der Waals surface area contributed by atoms with Crippen molar-refractivity contribution in [2.75, 3.05) is 6.26 Å². The second-order valence-corrected chi connectivity index (χ2v) is 7.76. The van der Waals surface area contributed by atoms with E-state index in [0.29, 0.717) is 0 Å². The first-order valence-electron chi connectivity index (χ1n) is 6.34. The Morgan fingerprint density at radius 1 is 1.00 bits per heavy atom. The monoisotopic (exact) mass is 262 g/mol. The van der Waals surface area contributed by atoms with E-state index in [2.05, 4.69) is 65.1 Å². The Labute approximate surface area is 114 Å². The van der Waals surface area contributed by atoms with Crippen LogP contribution in [0.2, 0.25) is 0 Å². The van der Waals surface area contributed by atoms with Crippen LogP contribution in [0.4, 0.5) is 0 Å². The summed E-state index contributed by atoms with van der Waals surface area (Å²) in [5, 5.41) is 1.19. The van der Waals surface area contributed by atoms with Gasteiger partial charge in [0.1, 0.15) is 11.3 Å². The van der Waals surface area contributed by atoms with Gasteiger partial charge in [0, 0.05) is 5.39 Å². The van der Waals surface area contributed by atoms with E-state index in [1.165, 1.54) is 10.9 Å². The molecule has 1 aromatic carbocycles. The van der Waals surface area contributed by atoms with Gasteiger partial charge in [-0.2, -0.15) is 11.8 Å². The first kappa shape index (κ1) is 13.5. The van der Waals surface area contributed by atoms with Gasteiger partial charge in [-0.3, -0.25) is 0 Å². The first-order valence-corrected chi connectivity index (χ1v) is 7.56. The van der Waals surface area contributed by atoms with Crippen molar-refractivity contribution in [3.63, 3.8) is 0 Å². The molecule has 2 heteroatoms. The highest BCUT2D eigenvalue weighted by Gasteiger charge is 2.24. The summed E-state index contributed by atoms with van der Waals surface area (Å²) in [7, 11) is 0. The van der Waals surface area contributed by atoms with Crippen LogP contribution < -0.4 is 0 Å². The van der Waals surface area contributed by atoms with Gasteiger partial charge in [0.2, 0.25) is 0 Å². The fourth-order valence-corrected chi connectivity index (χ4v) is 2.20. The molecule has 98 valence electrons. The molecular weight excluding hydrogens is 240 g/mol. The Morgan fingerprint density at radius 2 is 1.67 bits per heavy atom. The molecule has 0 saturated carbocycles. The molecule has 0 spiro atoms. The van der Waals surface area contributed by atoms with E-state index >= 15 is 0 Å². The van der Waals surface area contributed by atoms with Crippen LogP contribution in [0.3, 0.4) is 0 Å². The topological polar surface area (TPSA) is 13.1 Å². The molecule has 2 rings (SSSR count). The van der Waals surface area contributed by atoms with Crippen molar-refractivity contribution in [1.29, 1.82) is 0 Å². The maximum Gasteiger partial charge on any atom is 0.134 e. The molecule has 1 aromatic heterocycles. The van der Waals surface area contributed by atoms with Crippen LogP contribution in [0.15, 0.2) is 28.7 Å². The Balaban J connectivity index is 2.53. The molecule has 0 aliphatic carbocycles. The van der Waals surface area contributed by atoms with Gasteiger partial charge >= 0.3 is 0 Å². The van der Waals surface area contributed by atoms with Gasteiger partial charge < -0.3 is 4.42 Å². The Kier molecular flexibility index (Phi) is 3.26. The van der Waals surface area contributed by atoms with Crippen molar-refractivity contribution in [3.05, 3.63) is 35.6 Å². The second kappa shape index (κ2) is 4.34. The highest BCUT2D eigenvalue weighted by atomic mass is 32.2. The van der Waals surface area contributed by atoms with Gasteiger partial charge in [-0.05, 0) is 43.2 Å². The fourth-order valence-electron chi connectivity index (χ4n) is 1.89. The number of rotatable bonds is 2. The van der Waals surface area contributed by atoms with Crippen molar-refractivity contribution < 1.29 is 4.42 Å². The van der Waals surface area contributed by atoms with Gasteiger partial charge in [0.15, 0.2) is 0 Å². The SMILES string of the molecule is CSC(C)(C)c1cc2ccc(C(C)(C)C)cc2o1. The van der Waals surface area contributed by atoms with E-state index in [1.807, 2.05) is 11.8 Å². The first-order chi connectivity index (χ1) is 8.24. The number of furan rings is 1. The highest BCUT2D eigenvalue weighted by Crippen LogP contribution is 2.37. The summed E-state index contributed by atoms with van der Waals surface area (Å²) in [4.78, 5) is 0. The molecule has 0 saturated heterocycles. The molecule has 0 fully saturated rings. The third kappa shape index (κ3) is 2.44. The molecule has 0 amide bonds. The normalized spacial score (nSPS) is 13.2. The third-order valence-electron chi connectivity index (χ3n) is 3.49. The van der Waals surface area contributed by atoms with Crippen molar-refractivity contribution in [2.45, 2.75) is 44.8 Å². The zero-order valence-electron chi connectivity index (χ0n) is 12.1. The van der Waals surface area contributed by atoms with Gasteiger partial charge in [-0.25, -0.2) is 0 Å². The summed E-state index contributed by atoms with van der Waals surface area (Å²) in [5.41, 5.74) is 2.48. The average molecular weight is 262 g/mol. The van der Waals surface area contributed by atoms with Crippen LogP contribution in [0, 0.1) is 0 Å². The average Bonchev–Trinajstić information content (AvgIpc) is 2.71. The highest BCUT2D eigenvalue weighted by molar-refractivity contribution is 7.99. The minimum atomic E-state index is 0.0287. The molecule has 0 bridgehead atoms. The molecule has 1 heterocycles. The Hall–Kier alpha value is -0.890. The molecule has 0 aliphatic rings. The molecule has 0 radical (unpaired) electrons. The van der Waals surface area contributed by atoms with Gasteiger partial charge in [0.05, 0.1) is 4.75 Å². The Morgan fingerprint density at radius 3 is 2.22 bits per heavy atom. The number of benzene rings is 1. The van der Waals surface area contributed by atoms with Crippen molar-refractivity contribution in [2.24, 2.45) is 0 Å². The van der Waals surface area contributed by atoms with Crippen LogP contribution >= 0.6 is 11.8 Å². The predicted octanol–water partition coefficient (Wildman–Crippen LogP) is 5.33. The Bertz CT molecular complexity index is 558. The minimum absolute atomic E-state index is 0.0287. The molecule has 0 aliphatic heterocycles. The maximum absolute atomic E-state index is 6.04. The van der Waals surface area contributed by atoms with Crippen molar-refractivity contribution in [3.8, 4) is 0 Å². The van der Waals surface area contributed by atoms with Crippen molar-refractivity contribution >= 4 is 22.7 Å². The number of thioether (sulfide) groups is 1. The standard InChI is InChI=1S/C16H22OS/c1-15(2,3)12-8-7-11-9-14(16(4,5)18-6)17-13(11)10-12/h7-10H,1-6H3. The predicted molar refractivity (Wildman–Crippen MR) is 81.5 cm³/mol. The molecular formula is C16H22OS. The molecule has 18 heavy (non-hydrogen) atoms. The van der Waals surface area contributed by atoms with Gasteiger partial charge in [-0.15, -0.1) is 0 Å². The lowest BCUT2D eigenvalue weighted by Gasteiger charge is -2.19. The van der Waals surface area contributed by atoms with E-state index in [9.17, 15) is 0 Å². The smallest absolute Gasteiger partial charge is 0.134 e. The summed E-state index contributed by atoms with van der Waals surface area (Å²) in [6.45, 7) is 11.1. The van der Waals surface area contributed by atoms with E-state index in [1.54, 1.807) is 0 Å². The second-order valence-electron chi connectivity index (χ2n) is 6.33. The molecule has 1 nitrogen and oxygen atoms in total. The number of hydrogen-bond donors (Lipinski definition) is 0. The quantitative estimate of drug-likeness (QED) is 0.725. The molecule has 0 N–H and O–H groups in total. The van der Waals surface area contributed by atoms with E-state index in [4.69, 9.17) is 4.42 Å². The van der Waals surface area contributed by atoms with Crippen LogP contribution in [0.1, 0.15) is 45.9 Å². The van der Waals surface area contributed by atoms with Crippen LogP contribution in [-0.2, 0) is 10.2 Å².